The number of fused-ring (bicyclic) bond motifs is 9. The number of nitrogens with zero attached hydrogens (tertiary/aromatic N) is 5. The molecular formula is C52H33N5OS. The molecule has 7 aromatic carbocycles. The highest BCUT2D eigenvalue weighted by molar-refractivity contribution is 7.26. The van der Waals surface area contributed by atoms with Gasteiger partial charge in [-0.15, -0.1) is 11.3 Å². The summed E-state index contributed by atoms with van der Waals surface area (Å²) in [6.07, 6.45) is 0. The summed E-state index contributed by atoms with van der Waals surface area (Å²) in [7, 11) is 0. The Hall–Kier alpha value is -7.35. The van der Waals surface area contributed by atoms with Gasteiger partial charge in [0.1, 0.15) is 11.2 Å². The first kappa shape index (κ1) is 33.8. The molecule has 278 valence electrons. The SMILES string of the molecule is CC1(C)c2ccccc2-c2ccc(-c3nc(-c4cccc5c4oc4cccc(-c6nc(-c7ccccc7)nc(-c7ccccc7)n6)c45)c4sc5ccccc5c4n3)cc21. The Morgan fingerprint density at radius 3 is 1.86 bits per heavy atom. The maximum atomic E-state index is 6.90. The summed E-state index contributed by atoms with van der Waals surface area (Å²) < 4.78 is 9.08. The third-order valence-electron chi connectivity index (χ3n) is 11.8. The molecule has 0 aliphatic heterocycles. The van der Waals surface area contributed by atoms with Crippen molar-refractivity contribution in [1.82, 2.24) is 24.9 Å². The molecule has 1 aliphatic carbocycles. The van der Waals surface area contributed by atoms with Gasteiger partial charge in [-0.05, 0) is 46.5 Å². The lowest BCUT2D eigenvalue weighted by Gasteiger charge is -2.21. The molecule has 0 unspecified atom stereocenters. The minimum absolute atomic E-state index is 0.149. The van der Waals surface area contributed by atoms with Crippen LogP contribution in [0.3, 0.4) is 0 Å². The first-order valence-electron chi connectivity index (χ1n) is 19.8. The molecule has 0 amide bonds. The average Bonchev–Trinajstić information content (AvgIpc) is 3.94. The number of para-hydroxylation sites is 1. The number of rotatable bonds is 5. The second-order valence-electron chi connectivity index (χ2n) is 15.6. The predicted octanol–water partition coefficient (Wildman–Crippen LogP) is 13.6. The predicted molar refractivity (Wildman–Crippen MR) is 240 cm³/mol. The van der Waals surface area contributed by atoms with Crippen LogP contribution in [0.25, 0.3) is 110 Å². The quantitative estimate of drug-likeness (QED) is 0.173. The molecule has 59 heavy (non-hydrogen) atoms. The molecule has 12 rings (SSSR count). The van der Waals surface area contributed by atoms with Crippen molar-refractivity contribution in [3.63, 3.8) is 0 Å². The Kier molecular flexibility index (Phi) is 7.34. The molecular weight excluding hydrogens is 743 g/mol. The summed E-state index contributed by atoms with van der Waals surface area (Å²) in [5, 5.41) is 3.02. The summed E-state index contributed by atoms with van der Waals surface area (Å²) in [6, 6.07) is 56.5. The molecule has 6 nitrogen and oxygen atoms in total. The molecule has 0 atom stereocenters. The molecule has 0 fully saturated rings. The van der Waals surface area contributed by atoms with Crippen molar-refractivity contribution < 1.29 is 4.42 Å². The average molecular weight is 776 g/mol. The van der Waals surface area contributed by atoms with E-state index in [2.05, 4.69) is 105 Å². The van der Waals surface area contributed by atoms with Crippen LogP contribution in [0.15, 0.2) is 168 Å². The minimum Gasteiger partial charge on any atom is -0.455 e. The fourth-order valence-corrected chi connectivity index (χ4v) is 10.0. The van der Waals surface area contributed by atoms with Crippen molar-refractivity contribution in [3.8, 4) is 67.9 Å². The summed E-state index contributed by atoms with van der Waals surface area (Å²) >= 11 is 1.72. The normalized spacial score (nSPS) is 13.1. The van der Waals surface area contributed by atoms with E-state index in [4.69, 9.17) is 29.3 Å². The van der Waals surface area contributed by atoms with Crippen LogP contribution in [0.1, 0.15) is 25.0 Å². The van der Waals surface area contributed by atoms with Gasteiger partial charge in [-0.3, -0.25) is 0 Å². The lowest BCUT2D eigenvalue weighted by molar-refractivity contribution is 0.660. The zero-order valence-corrected chi connectivity index (χ0v) is 33.0. The van der Waals surface area contributed by atoms with Gasteiger partial charge in [0.25, 0.3) is 0 Å². The van der Waals surface area contributed by atoms with Gasteiger partial charge in [0.2, 0.25) is 0 Å². The standard InChI is InChI=1S/C52H33N5OS/c1-52(2)39-24-11-9-19-33(39)34-28-27-32(29-40(34)52)50-53-44-35-20-10-12-26-42(35)59-47(44)45(54-50)38-23-13-21-36-43-37(22-14-25-41(43)58-46(36)38)51-56-48(30-15-5-3-6-16-30)55-49(57-51)31-17-7-4-8-18-31/h3-29H,1-2H3. The van der Waals surface area contributed by atoms with Gasteiger partial charge in [0, 0.05) is 54.1 Å². The van der Waals surface area contributed by atoms with E-state index in [9.17, 15) is 0 Å². The molecule has 0 saturated carbocycles. The van der Waals surface area contributed by atoms with E-state index in [1.807, 2.05) is 72.8 Å². The van der Waals surface area contributed by atoms with Crippen molar-refractivity contribution in [2.75, 3.05) is 0 Å². The van der Waals surface area contributed by atoms with E-state index in [0.717, 1.165) is 75.8 Å². The number of thiophene rings is 1. The fraction of sp³-hybridized carbons (Fsp3) is 0.0577. The highest BCUT2D eigenvalue weighted by atomic mass is 32.1. The lowest BCUT2D eigenvalue weighted by atomic mass is 9.82. The van der Waals surface area contributed by atoms with Gasteiger partial charge >= 0.3 is 0 Å². The van der Waals surface area contributed by atoms with Gasteiger partial charge in [-0.25, -0.2) is 24.9 Å². The van der Waals surface area contributed by atoms with Crippen LogP contribution in [0.2, 0.25) is 0 Å². The molecule has 0 saturated heterocycles. The summed E-state index contributed by atoms with van der Waals surface area (Å²) in [5.74, 6) is 2.49. The topological polar surface area (TPSA) is 77.6 Å². The smallest absolute Gasteiger partial charge is 0.164 e. The van der Waals surface area contributed by atoms with Crippen molar-refractivity contribution >= 4 is 53.6 Å². The number of furan rings is 1. The van der Waals surface area contributed by atoms with E-state index in [1.54, 1.807) is 11.3 Å². The lowest BCUT2D eigenvalue weighted by Crippen LogP contribution is -2.15. The molecule has 0 spiro atoms. The number of hydrogen-bond donors (Lipinski definition) is 0. The Balaban J connectivity index is 1.08. The zero-order chi connectivity index (χ0) is 39.2. The second-order valence-corrected chi connectivity index (χ2v) is 16.7. The van der Waals surface area contributed by atoms with Crippen LogP contribution in [0.4, 0.5) is 0 Å². The van der Waals surface area contributed by atoms with E-state index in [0.29, 0.717) is 23.3 Å². The van der Waals surface area contributed by atoms with Gasteiger partial charge < -0.3 is 4.42 Å². The monoisotopic (exact) mass is 775 g/mol. The van der Waals surface area contributed by atoms with Crippen LogP contribution in [0.5, 0.6) is 0 Å². The van der Waals surface area contributed by atoms with Crippen molar-refractivity contribution in [3.05, 3.63) is 175 Å². The van der Waals surface area contributed by atoms with Crippen molar-refractivity contribution in [1.29, 1.82) is 0 Å². The Morgan fingerprint density at radius 2 is 1.07 bits per heavy atom. The highest BCUT2D eigenvalue weighted by Gasteiger charge is 2.35. The van der Waals surface area contributed by atoms with E-state index in [1.165, 1.54) is 22.3 Å². The van der Waals surface area contributed by atoms with Crippen LogP contribution in [-0.4, -0.2) is 24.9 Å². The number of aromatic nitrogens is 5. The summed E-state index contributed by atoms with van der Waals surface area (Å²) in [6.45, 7) is 4.61. The van der Waals surface area contributed by atoms with Gasteiger partial charge in [-0.1, -0.05) is 153 Å². The van der Waals surface area contributed by atoms with Gasteiger partial charge in [0.15, 0.2) is 23.3 Å². The van der Waals surface area contributed by atoms with Gasteiger partial charge in [-0.2, -0.15) is 0 Å². The Morgan fingerprint density at radius 1 is 0.458 bits per heavy atom. The fourth-order valence-electron chi connectivity index (χ4n) is 8.90. The number of hydrogen-bond acceptors (Lipinski definition) is 7. The first-order chi connectivity index (χ1) is 29.0. The molecule has 0 N–H and O–H groups in total. The largest absolute Gasteiger partial charge is 0.455 e. The molecule has 1 aliphatic rings. The van der Waals surface area contributed by atoms with Crippen molar-refractivity contribution in [2.24, 2.45) is 0 Å². The summed E-state index contributed by atoms with van der Waals surface area (Å²) in [5.41, 5.74) is 12.9. The molecule has 0 bridgehead atoms. The molecule has 11 aromatic rings. The van der Waals surface area contributed by atoms with Gasteiger partial charge in [0.05, 0.1) is 15.9 Å². The molecule has 4 heterocycles. The molecule has 4 aromatic heterocycles. The third-order valence-corrected chi connectivity index (χ3v) is 12.9. The molecule has 0 radical (unpaired) electrons. The minimum atomic E-state index is -0.149. The van der Waals surface area contributed by atoms with Crippen LogP contribution < -0.4 is 0 Å². The van der Waals surface area contributed by atoms with Crippen LogP contribution in [-0.2, 0) is 5.41 Å². The second kappa shape index (κ2) is 12.8. The van der Waals surface area contributed by atoms with Crippen LogP contribution >= 0.6 is 11.3 Å². The maximum absolute atomic E-state index is 6.90. The Labute approximate surface area is 343 Å². The Bertz CT molecular complexity index is 3420. The first-order valence-corrected chi connectivity index (χ1v) is 20.6. The highest BCUT2D eigenvalue weighted by Crippen LogP contribution is 2.50. The van der Waals surface area contributed by atoms with Crippen LogP contribution in [0, 0.1) is 0 Å². The van der Waals surface area contributed by atoms with Crippen molar-refractivity contribution in [2.45, 2.75) is 19.3 Å². The third kappa shape index (κ3) is 5.21. The van der Waals surface area contributed by atoms with E-state index in [-0.39, 0.29) is 5.41 Å². The maximum Gasteiger partial charge on any atom is 0.164 e. The zero-order valence-electron chi connectivity index (χ0n) is 32.1. The number of benzene rings is 7. The summed E-state index contributed by atoms with van der Waals surface area (Å²) in [4.78, 5) is 25.9. The van der Waals surface area contributed by atoms with E-state index >= 15 is 0 Å². The molecule has 7 heteroatoms. The van der Waals surface area contributed by atoms with E-state index < -0.39 is 0 Å².